The van der Waals surface area contributed by atoms with Gasteiger partial charge in [-0.05, 0) is 36.6 Å². The molecule has 7 heteroatoms. The predicted octanol–water partition coefficient (Wildman–Crippen LogP) is 4.33. The fourth-order valence-corrected chi connectivity index (χ4v) is 3.65. The van der Waals surface area contributed by atoms with Crippen molar-refractivity contribution in [2.24, 2.45) is 10.9 Å². The number of guanidine groups is 1. The Morgan fingerprint density at radius 3 is 2.61 bits per heavy atom. The number of ether oxygens (including phenoxy) is 3. The van der Waals surface area contributed by atoms with Gasteiger partial charge in [0.05, 0.1) is 20.3 Å². The third kappa shape index (κ3) is 7.57. The van der Waals surface area contributed by atoms with Crippen LogP contribution in [0, 0.1) is 5.92 Å². The van der Waals surface area contributed by atoms with E-state index < -0.39 is 0 Å². The molecule has 2 aromatic carbocycles. The zero-order chi connectivity index (χ0) is 21.2. The number of nitrogens with one attached hydrogen (secondary N) is 1. The van der Waals surface area contributed by atoms with Crippen molar-refractivity contribution in [3.63, 3.8) is 0 Å². The molecule has 1 atom stereocenters. The first-order valence-electron chi connectivity index (χ1n) is 10.6. The Kier molecular flexibility index (Phi) is 10.9. The Hall–Kier alpha value is -2.00. The number of likely N-dealkylation sites (tertiary alicyclic amines) is 1. The molecule has 1 aliphatic heterocycles. The highest BCUT2D eigenvalue weighted by molar-refractivity contribution is 14.0. The Balaban J connectivity index is 0.00000341. The van der Waals surface area contributed by atoms with E-state index in [0.29, 0.717) is 19.1 Å². The molecule has 31 heavy (non-hydrogen) atoms. The van der Waals surface area contributed by atoms with Gasteiger partial charge < -0.3 is 24.4 Å². The first-order valence-corrected chi connectivity index (χ1v) is 10.6. The highest BCUT2D eigenvalue weighted by Gasteiger charge is 2.24. The highest BCUT2D eigenvalue weighted by atomic mass is 127. The van der Waals surface area contributed by atoms with Crippen molar-refractivity contribution >= 4 is 29.9 Å². The molecule has 0 saturated carbocycles. The van der Waals surface area contributed by atoms with Crippen LogP contribution < -0.4 is 14.8 Å². The number of halogens is 1. The van der Waals surface area contributed by atoms with Gasteiger partial charge in [-0.3, -0.25) is 0 Å². The number of hydrogen-bond acceptors (Lipinski definition) is 4. The molecule has 0 radical (unpaired) electrons. The van der Waals surface area contributed by atoms with E-state index in [2.05, 4.69) is 17.1 Å². The molecule has 0 spiro atoms. The molecule has 1 N–H and O–H groups in total. The van der Waals surface area contributed by atoms with Crippen molar-refractivity contribution in [2.45, 2.75) is 26.5 Å². The van der Waals surface area contributed by atoms with Crippen molar-refractivity contribution in [3.05, 3.63) is 59.7 Å². The number of rotatable bonds is 9. The van der Waals surface area contributed by atoms with Crippen LogP contribution in [0.2, 0.25) is 0 Å². The summed E-state index contributed by atoms with van der Waals surface area (Å²) in [5.74, 6) is 2.99. The van der Waals surface area contributed by atoms with Crippen molar-refractivity contribution in [2.75, 3.05) is 40.5 Å². The molecule has 0 aromatic heterocycles. The minimum Gasteiger partial charge on any atom is -0.493 e. The topological polar surface area (TPSA) is 55.3 Å². The van der Waals surface area contributed by atoms with Gasteiger partial charge in [0.25, 0.3) is 0 Å². The van der Waals surface area contributed by atoms with E-state index in [1.165, 1.54) is 0 Å². The maximum absolute atomic E-state index is 5.96. The van der Waals surface area contributed by atoms with Crippen molar-refractivity contribution in [3.8, 4) is 11.5 Å². The van der Waals surface area contributed by atoms with Crippen LogP contribution >= 0.6 is 24.0 Å². The molecule has 1 aliphatic rings. The third-order valence-electron chi connectivity index (χ3n) is 5.20. The van der Waals surface area contributed by atoms with E-state index in [-0.39, 0.29) is 24.0 Å². The number of aliphatic imine (C=N–C) groups is 1. The number of nitrogens with zero attached hydrogens (tertiary/aromatic N) is 2. The fraction of sp³-hybridized carbons (Fsp3) is 0.458. The van der Waals surface area contributed by atoms with E-state index in [9.17, 15) is 0 Å². The molecular weight excluding hydrogens is 505 g/mol. The van der Waals surface area contributed by atoms with Crippen LogP contribution in [0.1, 0.15) is 24.5 Å². The minimum atomic E-state index is 0. The van der Waals surface area contributed by atoms with Crippen molar-refractivity contribution in [1.82, 2.24) is 10.2 Å². The third-order valence-corrected chi connectivity index (χ3v) is 5.20. The summed E-state index contributed by atoms with van der Waals surface area (Å²) in [5, 5.41) is 3.42. The molecule has 0 amide bonds. The quantitative estimate of drug-likeness (QED) is 0.292. The molecule has 1 unspecified atom stereocenters. The lowest BCUT2D eigenvalue weighted by atomic mass is 10.1. The molecule has 1 saturated heterocycles. The lowest BCUT2D eigenvalue weighted by Gasteiger charge is -2.21. The van der Waals surface area contributed by atoms with E-state index in [4.69, 9.17) is 19.2 Å². The number of hydrogen-bond donors (Lipinski definition) is 1. The summed E-state index contributed by atoms with van der Waals surface area (Å²) < 4.78 is 16.8. The first kappa shape index (κ1) is 25.3. The summed E-state index contributed by atoms with van der Waals surface area (Å²) in [6.07, 6.45) is 1.14. The van der Waals surface area contributed by atoms with Gasteiger partial charge in [-0.1, -0.05) is 36.4 Å². The Labute approximate surface area is 203 Å². The van der Waals surface area contributed by atoms with Crippen molar-refractivity contribution < 1.29 is 14.2 Å². The van der Waals surface area contributed by atoms with Gasteiger partial charge in [-0.25, -0.2) is 4.99 Å². The first-order chi connectivity index (χ1) is 14.7. The largest absolute Gasteiger partial charge is 0.493 e. The summed E-state index contributed by atoms with van der Waals surface area (Å²) >= 11 is 0. The Bertz CT molecular complexity index is 817. The second-order valence-corrected chi connectivity index (χ2v) is 7.49. The molecule has 1 fully saturated rings. The molecular formula is C24H34IN3O3. The van der Waals surface area contributed by atoms with Gasteiger partial charge >= 0.3 is 0 Å². The maximum atomic E-state index is 5.96. The molecule has 2 aromatic rings. The van der Waals surface area contributed by atoms with Gasteiger partial charge in [-0.2, -0.15) is 0 Å². The van der Waals surface area contributed by atoms with Crippen LogP contribution in [-0.4, -0.2) is 51.3 Å². The standard InChI is InChI=1S/C24H33N3O3.HI/c1-4-25-24(27-13-12-21(16-27)17-28-2)26-15-20-10-11-22(23(14-20)29-3)30-18-19-8-6-5-7-9-19;/h5-11,14,21H,4,12-13,15-18H2,1-3H3,(H,25,26);1H. The van der Waals surface area contributed by atoms with Gasteiger partial charge in [0.1, 0.15) is 6.61 Å². The second kappa shape index (κ2) is 13.4. The molecule has 3 rings (SSSR count). The lowest BCUT2D eigenvalue weighted by molar-refractivity contribution is 0.157. The molecule has 170 valence electrons. The summed E-state index contributed by atoms with van der Waals surface area (Å²) in [6.45, 7) is 6.84. The van der Waals surface area contributed by atoms with Crippen LogP contribution in [0.4, 0.5) is 0 Å². The molecule has 0 bridgehead atoms. The highest BCUT2D eigenvalue weighted by Crippen LogP contribution is 2.29. The summed E-state index contributed by atoms with van der Waals surface area (Å²) in [4.78, 5) is 7.17. The zero-order valence-corrected chi connectivity index (χ0v) is 21.0. The van der Waals surface area contributed by atoms with Gasteiger partial charge in [0, 0.05) is 32.7 Å². The van der Waals surface area contributed by atoms with Crippen LogP contribution in [0.3, 0.4) is 0 Å². The maximum Gasteiger partial charge on any atom is 0.194 e. The fourth-order valence-electron chi connectivity index (χ4n) is 3.65. The molecule has 1 heterocycles. The lowest BCUT2D eigenvalue weighted by Crippen LogP contribution is -2.40. The van der Waals surface area contributed by atoms with Crippen LogP contribution in [-0.2, 0) is 17.9 Å². The monoisotopic (exact) mass is 539 g/mol. The SMILES string of the molecule is CCNC(=NCc1ccc(OCc2ccccc2)c(OC)c1)N1CCC(COC)C1.I. The molecule has 0 aliphatic carbocycles. The van der Waals surface area contributed by atoms with Gasteiger partial charge in [0.2, 0.25) is 0 Å². The van der Waals surface area contributed by atoms with Crippen LogP contribution in [0.5, 0.6) is 11.5 Å². The van der Waals surface area contributed by atoms with Crippen molar-refractivity contribution in [1.29, 1.82) is 0 Å². The van der Waals surface area contributed by atoms with E-state index in [1.54, 1.807) is 14.2 Å². The van der Waals surface area contributed by atoms with Gasteiger partial charge in [-0.15, -0.1) is 24.0 Å². The average molecular weight is 539 g/mol. The molecule has 6 nitrogen and oxygen atoms in total. The van der Waals surface area contributed by atoms with Crippen LogP contribution in [0.25, 0.3) is 0 Å². The van der Waals surface area contributed by atoms with Crippen LogP contribution in [0.15, 0.2) is 53.5 Å². The van der Waals surface area contributed by atoms with E-state index >= 15 is 0 Å². The number of methoxy groups -OCH3 is 2. The summed E-state index contributed by atoms with van der Waals surface area (Å²) in [6, 6.07) is 16.1. The predicted molar refractivity (Wildman–Crippen MR) is 136 cm³/mol. The summed E-state index contributed by atoms with van der Waals surface area (Å²) in [5.41, 5.74) is 2.21. The van der Waals surface area contributed by atoms with E-state index in [1.807, 2.05) is 48.5 Å². The summed E-state index contributed by atoms with van der Waals surface area (Å²) in [7, 11) is 3.44. The average Bonchev–Trinajstić information content (AvgIpc) is 3.25. The second-order valence-electron chi connectivity index (χ2n) is 7.49. The Morgan fingerprint density at radius 2 is 1.90 bits per heavy atom. The smallest absolute Gasteiger partial charge is 0.194 e. The van der Waals surface area contributed by atoms with E-state index in [0.717, 1.165) is 61.2 Å². The number of benzene rings is 2. The Morgan fingerprint density at radius 1 is 1.10 bits per heavy atom. The zero-order valence-electron chi connectivity index (χ0n) is 18.7. The normalized spacial score (nSPS) is 16.0. The minimum absolute atomic E-state index is 0. The van der Waals surface area contributed by atoms with Gasteiger partial charge in [0.15, 0.2) is 17.5 Å².